The van der Waals surface area contributed by atoms with Crippen LogP contribution in [0.1, 0.15) is 17.8 Å². The Hall–Kier alpha value is -4.00. The number of rotatable bonds is 7. The van der Waals surface area contributed by atoms with Gasteiger partial charge in [0.05, 0.1) is 0 Å². The fraction of sp³-hybridized carbons (Fsp3) is 0.130. The van der Waals surface area contributed by atoms with Crippen LogP contribution in [-0.2, 0) is 11.2 Å². The van der Waals surface area contributed by atoms with E-state index >= 15 is 0 Å². The summed E-state index contributed by atoms with van der Waals surface area (Å²) in [6.45, 7) is 1.92. The molecule has 2 aromatic carbocycles. The van der Waals surface area contributed by atoms with Crippen molar-refractivity contribution in [3.63, 3.8) is 0 Å². The maximum Gasteiger partial charge on any atom is 0.224 e. The number of amides is 1. The molecule has 0 aliphatic heterocycles. The van der Waals surface area contributed by atoms with Gasteiger partial charge in [0.2, 0.25) is 5.91 Å². The van der Waals surface area contributed by atoms with Crippen molar-refractivity contribution in [2.75, 3.05) is 10.6 Å². The molecule has 0 spiro atoms. The second-order valence-corrected chi connectivity index (χ2v) is 6.84. The van der Waals surface area contributed by atoms with Gasteiger partial charge in [0, 0.05) is 36.3 Å². The highest BCUT2D eigenvalue weighted by molar-refractivity contribution is 5.91. The van der Waals surface area contributed by atoms with Crippen molar-refractivity contribution in [3.8, 4) is 5.82 Å². The van der Waals surface area contributed by atoms with Crippen LogP contribution >= 0.6 is 0 Å². The molecule has 0 aliphatic carbocycles. The smallest absolute Gasteiger partial charge is 0.224 e. The summed E-state index contributed by atoms with van der Waals surface area (Å²) in [5, 5.41) is 6.19. The molecule has 4 rings (SSSR count). The Bertz CT molecular complexity index is 1120. The molecular formula is C23H22N6O. The van der Waals surface area contributed by atoms with Gasteiger partial charge in [-0.1, -0.05) is 30.3 Å². The quantitative estimate of drug-likeness (QED) is 0.485. The SMILES string of the molecule is Cc1nccn1-c1cc(Nc2ccc(NC(=O)CCc3ccccc3)cc2)ncn1. The Balaban J connectivity index is 1.35. The van der Waals surface area contributed by atoms with Crippen LogP contribution in [-0.4, -0.2) is 25.4 Å². The van der Waals surface area contributed by atoms with Gasteiger partial charge in [0.25, 0.3) is 0 Å². The topological polar surface area (TPSA) is 84.7 Å². The highest BCUT2D eigenvalue weighted by Crippen LogP contribution is 2.19. The first-order valence-corrected chi connectivity index (χ1v) is 9.70. The summed E-state index contributed by atoms with van der Waals surface area (Å²) in [6, 6.07) is 19.4. The average molecular weight is 398 g/mol. The largest absolute Gasteiger partial charge is 0.340 e. The molecular weight excluding hydrogens is 376 g/mol. The number of carbonyl (C=O) groups excluding carboxylic acids is 1. The maximum atomic E-state index is 12.2. The first-order valence-electron chi connectivity index (χ1n) is 9.70. The highest BCUT2D eigenvalue weighted by Gasteiger charge is 2.06. The van der Waals surface area contributed by atoms with Gasteiger partial charge in [0.1, 0.15) is 23.8 Å². The lowest BCUT2D eigenvalue weighted by Gasteiger charge is -2.10. The lowest BCUT2D eigenvalue weighted by Crippen LogP contribution is -2.12. The monoisotopic (exact) mass is 398 g/mol. The lowest BCUT2D eigenvalue weighted by molar-refractivity contribution is -0.116. The van der Waals surface area contributed by atoms with Gasteiger partial charge in [-0.05, 0) is 43.2 Å². The fourth-order valence-corrected chi connectivity index (χ4v) is 3.08. The van der Waals surface area contributed by atoms with Crippen LogP contribution in [0.15, 0.2) is 79.4 Å². The number of hydrogen-bond acceptors (Lipinski definition) is 5. The Kier molecular flexibility index (Phi) is 5.80. The van der Waals surface area contributed by atoms with E-state index in [2.05, 4.69) is 25.6 Å². The van der Waals surface area contributed by atoms with Crippen molar-refractivity contribution >= 4 is 23.1 Å². The Labute approximate surface area is 174 Å². The zero-order chi connectivity index (χ0) is 20.8. The van der Waals surface area contributed by atoms with E-state index in [-0.39, 0.29) is 5.91 Å². The van der Waals surface area contributed by atoms with E-state index in [0.717, 1.165) is 35.0 Å². The van der Waals surface area contributed by atoms with Crippen molar-refractivity contribution in [2.24, 2.45) is 0 Å². The van der Waals surface area contributed by atoms with Gasteiger partial charge in [-0.25, -0.2) is 15.0 Å². The van der Waals surface area contributed by atoms with Crippen molar-refractivity contribution in [1.82, 2.24) is 19.5 Å². The van der Waals surface area contributed by atoms with Crippen LogP contribution in [0.4, 0.5) is 17.2 Å². The second-order valence-electron chi connectivity index (χ2n) is 6.84. The van der Waals surface area contributed by atoms with Crippen LogP contribution in [0.25, 0.3) is 5.82 Å². The van der Waals surface area contributed by atoms with Gasteiger partial charge < -0.3 is 10.6 Å². The van der Waals surface area contributed by atoms with E-state index in [1.807, 2.05) is 78.4 Å². The third-order valence-electron chi connectivity index (χ3n) is 4.65. The van der Waals surface area contributed by atoms with Crippen molar-refractivity contribution in [3.05, 3.63) is 90.8 Å². The number of aryl methyl sites for hydroxylation is 2. The summed E-state index contributed by atoms with van der Waals surface area (Å²) in [5.41, 5.74) is 2.78. The number of imidazole rings is 1. The Morgan fingerprint density at radius 3 is 2.47 bits per heavy atom. The van der Waals surface area contributed by atoms with Crippen molar-refractivity contribution < 1.29 is 4.79 Å². The first kappa shape index (κ1) is 19.3. The molecule has 2 N–H and O–H groups in total. The molecule has 7 heteroatoms. The molecule has 0 aliphatic rings. The molecule has 7 nitrogen and oxygen atoms in total. The van der Waals surface area contributed by atoms with Crippen molar-refractivity contribution in [2.45, 2.75) is 19.8 Å². The molecule has 2 heterocycles. The third-order valence-corrected chi connectivity index (χ3v) is 4.65. The highest BCUT2D eigenvalue weighted by atomic mass is 16.1. The van der Waals surface area contributed by atoms with E-state index in [0.29, 0.717) is 12.2 Å². The normalized spacial score (nSPS) is 10.6. The maximum absolute atomic E-state index is 12.2. The number of nitrogens with zero attached hydrogens (tertiary/aromatic N) is 4. The molecule has 0 radical (unpaired) electrons. The molecule has 2 aromatic heterocycles. The molecule has 150 valence electrons. The molecule has 0 saturated carbocycles. The van der Waals surface area contributed by atoms with E-state index in [1.54, 1.807) is 6.20 Å². The van der Waals surface area contributed by atoms with E-state index in [1.165, 1.54) is 6.33 Å². The molecule has 0 bridgehead atoms. The number of aromatic nitrogens is 4. The Morgan fingerprint density at radius 2 is 1.73 bits per heavy atom. The number of hydrogen-bond donors (Lipinski definition) is 2. The minimum Gasteiger partial charge on any atom is -0.340 e. The number of benzene rings is 2. The third kappa shape index (κ3) is 4.88. The fourth-order valence-electron chi connectivity index (χ4n) is 3.08. The predicted molar refractivity (Wildman–Crippen MR) is 117 cm³/mol. The summed E-state index contributed by atoms with van der Waals surface area (Å²) in [4.78, 5) is 25.0. The lowest BCUT2D eigenvalue weighted by atomic mass is 10.1. The minimum atomic E-state index is -0.00398. The van der Waals surface area contributed by atoms with Gasteiger partial charge in [0.15, 0.2) is 0 Å². The van der Waals surface area contributed by atoms with E-state index < -0.39 is 0 Å². The molecule has 0 fully saturated rings. The average Bonchev–Trinajstić information content (AvgIpc) is 3.20. The zero-order valence-electron chi connectivity index (χ0n) is 16.6. The second kappa shape index (κ2) is 9.00. The molecule has 0 saturated heterocycles. The van der Waals surface area contributed by atoms with Crippen LogP contribution < -0.4 is 10.6 Å². The van der Waals surface area contributed by atoms with Gasteiger partial charge in [-0.2, -0.15) is 0 Å². The molecule has 0 unspecified atom stereocenters. The van der Waals surface area contributed by atoms with Gasteiger partial charge >= 0.3 is 0 Å². The summed E-state index contributed by atoms with van der Waals surface area (Å²) >= 11 is 0. The number of carbonyl (C=O) groups is 1. The van der Waals surface area contributed by atoms with Crippen LogP contribution in [0, 0.1) is 6.92 Å². The molecule has 1 amide bonds. The number of nitrogens with one attached hydrogen (secondary N) is 2. The Morgan fingerprint density at radius 1 is 0.967 bits per heavy atom. The van der Waals surface area contributed by atoms with Crippen molar-refractivity contribution in [1.29, 1.82) is 0 Å². The van der Waals surface area contributed by atoms with E-state index in [4.69, 9.17) is 0 Å². The van der Waals surface area contributed by atoms with E-state index in [9.17, 15) is 4.79 Å². The zero-order valence-corrected chi connectivity index (χ0v) is 16.6. The van der Waals surface area contributed by atoms with Gasteiger partial charge in [-0.3, -0.25) is 9.36 Å². The predicted octanol–water partition coefficient (Wildman–Crippen LogP) is 4.29. The molecule has 30 heavy (non-hydrogen) atoms. The molecule has 0 atom stereocenters. The molecule has 4 aromatic rings. The number of anilines is 3. The first-order chi connectivity index (χ1) is 14.7. The summed E-state index contributed by atoms with van der Waals surface area (Å²) in [5.74, 6) is 2.26. The summed E-state index contributed by atoms with van der Waals surface area (Å²) in [7, 11) is 0. The standard InChI is InChI=1S/C23H22N6O/c1-17-24-13-14-29(17)22-15-21(25-16-26-22)27-19-8-10-20(11-9-19)28-23(30)12-7-18-5-3-2-4-6-18/h2-6,8-11,13-16H,7,12H2,1H3,(H,28,30)(H,25,26,27). The summed E-state index contributed by atoms with van der Waals surface area (Å²) in [6.07, 6.45) is 6.27. The van der Waals surface area contributed by atoms with Crippen LogP contribution in [0.3, 0.4) is 0 Å². The van der Waals surface area contributed by atoms with Crippen LogP contribution in [0.5, 0.6) is 0 Å². The van der Waals surface area contributed by atoms with Crippen LogP contribution in [0.2, 0.25) is 0 Å². The minimum absolute atomic E-state index is 0.00398. The summed E-state index contributed by atoms with van der Waals surface area (Å²) < 4.78 is 1.89. The van der Waals surface area contributed by atoms with Gasteiger partial charge in [-0.15, -0.1) is 0 Å².